The number of carbonyl (C=O) groups excluding carboxylic acids is 1. The van der Waals surface area contributed by atoms with Crippen molar-refractivity contribution in [2.75, 3.05) is 0 Å². The van der Waals surface area contributed by atoms with Gasteiger partial charge in [0.2, 0.25) is 0 Å². The lowest BCUT2D eigenvalue weighted by Gasteiger charge is -2.22. The Bertz CT molecular complexity index is 2250. The molecule has 6 aromatic rings. The molecule has 3 nitrogen and oxygen atoms in total. The van der Waals surface area contributed by atoms with E-state index in [-0.39, 0.29) is 5.41 Å². The highest BCUT2D eigenvalue weighted by molar-refractivity contribution is 6.16. The maximum Gasteiger partial charge on any atom is 0.128 e. The van der Waals surface area contributed by atoms with Crippen LogP contribution >= 0.6 is 0 Å². The van der Waals surface area contributed by atoms with E-state index in [0.717, 1.165) is 24.0 Å². The Labute approximate surface area is 310 Å². The monoisotopic (exact) mass is 682 g/mol. The van der Waals surface area contributed by atoms with Crippen molar-refractivity contribution in [3.8, 4) is 5.69 Å². The van der Waals surface area contributed by atoms with E-state index in [1.54, 1.807) is 6.92 Å². The molecule has 0 amide bonds. The van der Waals surface area contributed by atoms with E-state index in [4.69, 9.17) is 4.99 Å². The minimum absolute atomic E-state index is 0.117. The largest absolute Gasteiger partial charge is 0.310 e. The fourth-order valence-electron chi connectivity index (χ4n) is 6.77. The average Bonchev–Trinajstić information content (AvgIpc) is 3.68. The summed E-state index contributed by atoms with van der Waals surface area (Å²) in [5.41, 5.74) is 15.2. The van der Waals surface area contributed by atoms with E-state index in [2.05, 4.69) is 123 Å². The highest BCUT2D eigenvalue weighted by Gasteiger charge is 2.38. The number of rotatable bonds is 4. The number of fused-ring (bicyclic) bond motifs is 5. The number of allylic oxidation sites excluding steroid dienone is 3. The van der Waals surface area contributed by atoms with E-state index in [0.29, 0.717) is 5.57 Å². The molecule has 0 radical (unpaired) electrons. The van der Waals surface area contributed by atoms with Crippen molar-refractivity contribution >= 4 is 45.5 Å². The summed E-state index contributed by atoms with van der Waals surface area (Å²) >= 11 is 0. The smallest absolute Gasteiger partial charge is 0.128 e. The molecule has 0 saturated heterocycles. The van der Waals surface area contributed by atoms with Crippen LogP contribution in [0, 0.1) is 6.92 Å². The molecule has 8 rings (SSSR count). The van der Waals surface area contributed by atoms with E-state index in [1.165, 1.54) is 61.5 Å². The Morgan fingerprint density at radius 1 is 0.769 bits per heavy atom. The molecular weight excluding hydrogens is 633 g/mol. The molecule has 0 unspecified atom stereocenters. The molecule has 5 aromatic carbocycles. The molecular formula is C49H50N2O. The van der Waals surface area contributed by atoms with Crippen molar-refractivity contribution < 1.29 is 4.79 Å². The van der Waals surface area contributed by atoms with Crippen LogP contribution in [0.4, 0.5) is 5.69 Å². The van der Waals surface area contributed by atoms with Crippen LogP contribution in [-0.2, 0) is 16.6 Å². The van der Waals surface area contributed by atoms with Gasteiger partial charge in [-0.25, -0.2) is 4.79 Å². The number of hydrogen-bond acceptors (Lipinski definition) is 2. The number of aliphatic imine (C=N–C) groups is 1. The molecule has 2 heterocycles. The molecule has 0 fully saturated rings. The SMILES string of the molecule is C=C(C)c1ccccc1.CC.CC(=C=O)c1ccccc1.Cc1ccc(-n2c3c(c4c5c(ccc42)C(C)(C)C(c2ccccc2)=N5)CCC=C3)cc1. The highest BCUT2D eigenvalue weighted by atomic mass is 16.1. The second-order valence-corrected chi connectivity index (χ2v) is 13.5. The third kappa shape index (κ3) is 7.91. The van der Waals surface area contributed by atoms with Crippen molar-refractivity contribution in [1.29, 1.82) is 0 Å². The van der Waals surface area contributed by atoms with Crippen molar-refractivity contribution in [2.24, 2.45) is 4.99 Å². The van der Waals surface area contributed by atoms with Crippen molar-refractivity contribution in [1.82, 2.24) is 4.57 Å². The number of aromatic nitrogens is 1. The summed E-state index contributed by atoms with van der Waals surface area (Å²) in [5, 5.41) is 1.33. The average molecular weight is 683 g/mol. The molecule has 0 N–H and O–H groups in total. The summed E-state index contributed by atoms with van der Waals surface area (Å²) in [7, 11) is 0. The van der Waals surface area contributed by atoms with Crippen LogP contribution in [0.3, 0.4) is 0 Å². The fourth-order valence-corrected chi connectivity index (χ4v) is 6.77. The van der Waals surface area contributed by atoms with Gasteiger partial charge in [-0.1, -0.05) is 161 Å². The third-order valence-electron chi connectivity index (χ3n) is 9.54. The van der Waals surface area contributed by atoms with Crippen molar-refractivity contribution in [3.63, 3.8) is 0 Å². The zero-order valence-electron chi connectivity index (χ0n) is 31.7. The number of benzene rings is 5. The predicted molar refractivity (Wildman–Crippen MR) is 225 cm³/mol. The summed E-state index contributed by atoms with van der Waals surface area (Å²) in [6.45, 7) is 18.3. The fraction of sp³-hybridized carbons (Fsp3) is 0.204. The van der Waals surface area contributed by atoms with Crippen LogP contribution in [0.1, 0.15) is 87.0 Å². The minimum Gasteiger partial charge on any atom is -0.310 e. The Kier molecular flexibility index (Phi) is 12.2. The maximum absolute atomic E-state index is 10.1. The maximum atomic E-state index is 10.1. The van der Waals surface area contributed by atoms with Crippen molar-refractivity contribution in [2.45, 2.75) is 66.7 Å². The standard InChI is InChI=1S/C29H26N2.C9H8O.C9H10.C2H6/c1-19-13-15-21(16-14-19)31-24-12-8-7-11-22(24)26-25(31)18-17-23-27(26)30-28(29(23,2)3)20-9-5-4-6-10-20;1-8(7-10)9-5-3-2-4-6-9;1-8(2)9-6-4-3-5-7-9;1-2/h4-6,8-10,12-18H,7,11H2,1-3H3;2-6H,1H3;3-7H,1H2,2H3;1-2H3. The van der Waals surface area contributed by atoms with E-state index < -0.39 is 0 Å². The molecule has 1 aromatic heterocycles. The van der Waals surface area contributed by atoms with Gasteiger partial charge in [-0.3, -0.25) is 4.99 Å². The lowest BCUT2D eigenvalue weighted by molar-refractivity contribution is 0.569. The van der Waals surface area contributed by atoms with Crippen molar-refractivity contribution in [3.05, 3.63) is 179 Å². The molecule has 2 aliphatic rings. The van der Waals surface area contributed by atoms with Gasteiger partial charge in [-0.2, -0.15) is 0 Å². The van der Waals surface area contributed by atoms with Crippen LogP contribution in [0.2, 0.25) is 0 Å². The molecule has 0 saturated carbocycles. The van der Waals surface area contributed by atoms with Gasteiger partial charge >= 0.3 is 0 Å². The first kappa shape index (κ1) is 37.5. The van der Waals surface area contributed by atoms with Crippen LogP contribution < -0.4 is 0 Å². The van der Waals surface area contributed by atoms with Gasteiger partial charge < -0.3 is 4.57 Å². The molecule has 0 bridgehead atoms. The van der Waals surface area contributed by atoms with Gasteiger partial charge in [-0.15, -0.1) is 0 Å². The van der Waals surface area contributed by atoms with Crippen LogP contribution in [0.15, 0.2) is 145 Å². The quantitative estimate of drug-likeness (QED) is 0.170. The first-order valence-corrected chi connectivity index (χ1v) is 18.3. The van der Waals surface area contributed by atoms with Gasteiger partial charge in [0, 0.05) is 27.8 Å². The third-order valence-corrected chi connectivity index (χ3v) is 9.54. The highest BCUT2D eigenvalue weighted by Crippen LogP contribution is 2.49. The van der Waals surface area contributed by atoms with Crippen LogP contribution in [0.5, 0.6) is 0 Å². The molecule has 262 valence electrons. The van der Waals surface area contributed by atoms with Gasteiger partial charge in [-0.05, 0) is 85.7 Å². The molecule has 3 heteroatoms. The van der Waals surface area contributed by atoms with E-state index >= 15 is 0 Å². The van der Waals surface area contributed by atoms with Gasteiger partial charge in [0.15, 0.2) is 0 Å². The second-order valence-electron chi connectivity index (χ2n) is 13.5. The number of aryl methyl sites for hydroxylation is 2. The Morgan fingerprint density at radius 2 is 1.35 bits per heavy atom. The summed E-state index contributed by atoms with van der Waals surface area (Å²) in [6, 6.07) is 43.8. The summed E-state index contributed by atoms with van der Waals surface area (Å²) in [6.07, 6.45) is 6.75. The summed E-state index contributed by atoms with van der Waals surface area (Å²) < 4.78 is 2.42. The Morgan fingerprint density at radius 3 is 1.90 bits per heavy atom. The number of hydrogen-bond donors (Lipinski definition) is 0. The lowest BCUT2D eigenvalue weighted by Crippen LogP contribution is -2.26. The first-order valence-electron chi connectivity index (χ1n) is 18.3. The van der Waals surface area contributed by atoms with E-state index in [9.17, 15) is 4.79 Å². The summed E-state index contributed by atoms with van der Waals surface area (Å²) in [5.74, 6) is 1.85. The predicted octanol–water partition coefficient (Wildman–Crippen LogP) is 13.0. The van der Waals surface area contributed by atoms with Gasteiger partial charge in [0.25, 0.3) is 0 Å². The van der Waals surface area contributed by atoms with Gasteiger partial charge in [0.05, 0.1) is 16.9 Å². The Hall–Kier alpha value is -5.76. The zero-order valence-corrected chi connectivity index (χ0v) is 31.7. The van der Waals surface area contributed by atoms with Gasteiger partial charge in [0.1, 0.15) is 5.94 Å². The molecule has 1 aliphatic heterocycles. The number of nitrogens with zero attached hydrogens (tertiary/aromatic N) is 2. The van der Waals surface area contributed by atoms with Crippen LogP contribution in [-0.4, -0.2) is 16.2 Å². The zero-order chi connectivity index (χ0) is 37.3. The molecule has 1 aliphatic carbocycles. The molecule has 52 heavy (non-hydrogen) atoms. The molecule has 0 atom stereocenters. The molecule has 0 spiro atoms. The lowest BCUT2D eigenvalue weighted by atomic mass is 9.78. The topological polar surface area (TPSA) is 34.4 Å². The normalized spacial score (nSPS) is 13.0. The Balaban J connectivity index is 0.000000204. The second kappa shape index (κ2) is 17.0. The first-order chi connectivity index (χ1) is 25.2. The summed E-state index contributed by atoms with van der Waals surface area (Å²) in [4.78, 5) is 15.5. The van der Waals surface area contributed by atoms with E-state index in [1.807, 2.05) is 75.2 Å². The van der Waals surface area contributed by atoms with Crippen LogP contribution in [0.25, 0.3) is 33.8 Å². The minimum atomic E-state index is -0.117.